The van der Waals surface area contributed by atoms with E-state index in [2.05, 4.69) is 10.6 Å². The lowest BCUT2D eigenvalue weighted by Gasteiger charge is -2.13. The summed E-state index contributed by atoms with van der Waals surface area (Å²) in [4.78, 5) is 24.3. The largest absolute Gasteiger partial charge is 0.444 e. The minimum atomic E-state index is -0.569. The quantitative estimate of drug-likeness (QED) is 0.526. The standard InChI is InChI=1S/C24H24N2O4/c1-2-20-13-14-21(25-23(27)29-16-18-9-5-3-6-10-18)15-22(20)26-24(28)30-17-19-11-7-4-8-12-19/h3-15H,2,16-17H2,1H3,(H,25,27)(H,26,28). The van der Waals surface area contributed by atoms with Gasteiger partial charge in [0.05, 0.1) is 0 Å². The Labute approximate surface area is 175 Å². The summed E-state index contributed by atoms with van der Waals surface area (Å²) in [6, 6.07) is 24.2. The van der Waals surface area contributed by atoms with E-state index >= 15 is 0 Å². The SMILES string of the molecule is CCc1ccc(NC(=O)OCc2ccccc2)cc1NC(=O)OCc1ccccc1. The summed E-state index contributed by atoms with van der Waals surface area (Å²) in [5.41, 5.74) is 3.83. The number of ether oxygens (including phenoxy) is 2. The van der Waals surface area contributed by atoms with Crippen LogP contribution in [0.1, 0.15) is 23.6 Å². The summed E-state index contributed by atoms with van der Waals surface area (Å²) in [5, 5.41) is 5.43. The van der Waals surface area contributed by atoms with E-state index in [-0.39, 0.29) is 13.2 Å². The smallest absolute Gasteiger partial charge is 0.411 e. The number of hydrogen-bond acceptors (Lipinski definition) is 4. The number of hydrogen-bond donors (Lipinski definition) is 2. The first kappa shape index (κ1) is 20.9. The molecule has 0 fully saturated rings. The molecule has 6 nitrogen and oxygen atoms in total. The zero-order valence-electron chi connectivity index (χ0n) is 16.8. The fourth-order valence-corrected chi connectivity index (χ4v) is 2.83. The van der Waals surface area contributed by atoms with Crippen molar-refractivity contribution in [2.24, 2.45) is 0 Å². The predicted molar refractivity (Wildman–Crippen MR) is 116 cm³/mol. The van der Waals surface area contributed by atoms with E-state index < -0.39 is 12.2 Å². The molecule has 0 bridgehead atoms. The normalized spacial score (nSPS) is 10.2. The molecular formula is C24H24N2O4. The molecule has 2 N–H and O–H groups in total. The Kier molecular flexibility index (Phi) is 7.44. The molecule has 2 amide bonds. The lowest BCUT2D eigenvalue weighted by atomic mass is 10.1. The molecule has 0 radical (unpaired) electrons. The summed E-state index contributed by atoms with van der Waals surface area (Å²) < 4.78 is 10.5. The van der Waals surface area contributed by atoms with Crippen LogP contribution in [0, 0.1) is 0 Å². The molecule has 0 heterocycles. The Balaban J connectivity index is 1.57. The highest BCUT2D eigenvalue weighted by atomic mass is 16.6. The van der Waals surface area contributed by atoms with Crippen molar-refractivity contribution in [3.05, 3.63) is 95.6 Å². The third-order valence-corrected chi connectivity index (χ3v) is 4.40. The van der Waals surface area contributed by atoms with Crippen LogP contribution in [0.25, 0.3) is 0 Å². The number of anilines is 2. The van der Waals surface area contributed by atoms with E-state index in [0.29, 0.717) is 17.8 Å². The first-order chi connectivity index (χ1) is 14.6. The van der Waals surface area contributed by atoms with Gasteiger partial charge >= 0.3 is 12.2 Å². The van der Waals surface area contributed by atoms with E-state index in [1.165, 1.54) is 0 Å². The molecule has 0 saturated carbocycles. The molecule has 0 aliphatic heterocycles. The Morgan fingerprint density at radius 2 is 1.27 bits per heavy atom. The molecule has 0 aliphatic rings. The first-order valence-electron chi connectivity index (χ1n) is 9.72. The van der Waals surface area contributed by atoms with Crippen LogP contribution in [0.4, 0.5) is 21.0 Å². The molecule has 154 valence electrons. The van der Waals surface area contributed by atoms with Crippen molar-refractivity contribution in [3.63, 3.8) is 0 Å². The third kappa shape index (κ3) is 6.38. The highest BCUT2D eigenvalue weighted by molar-refractivity contribution is 5.89. The van der Waals surface area contributed by atoms with Gasteiger partial charge in [-0.05, 0) is 35.2 Å². The molecular weight excluding hydrogens is 380 g/mol. The van der Waals surface area contributed by atoms with Crippen molar-refractivity contribution < 1.29 is 19.1 Å². The van der Waals surface area contributed by atoms with Gasteiger partial charge in [0, 0.05) is 11.4 Å². The van der Waals surface area contributed by atoms with Crippen molar-refractivity contribution >= 4 is 23.6 Å². The van der Waals surface area contributed by atoms with Crippen LogP contribution in [0.2, 0.25) is 0 Å². The lowest BCUT2D eigenvalue weighted by molar-refractivity contribution is 0.154. The third-order valence-electron chi connectivity index (χ3n) is 4.40. The fraction of sp³-hybridized carbons (Fsp3) is 0.167. The van der Waals surface area contributed by atoms with Crippen molar-refractivity contribution in [2.45, 2.75) is 26.6 Å². The minimum absolute atomic E-state index is 0.177. The van der Waals surface area contributed by atoms with Crippen molar-refractivity contribution in [2.75, 3.05) is 10.6 Å². The highest BCUT2D eigenvalue weighted by Crippen LogP contribution is 2.22. The average molecular weight is 404 g/mol. The van der Waals surface area contributed by atoms with Crippen LogP contribution in [0.15, 0.2) is 78.9 Å². The van der Waals surface area contributed by atoms with E-state index in [9.17, 15) is 9.59 Å². The highest BCUT2D eigenvalue weighted by Gasteiger charge is 2.11. The Bertz CT molecular complexity index is 975. The van der Waals surface area contributed by atoms with Crippen molar-refractivity contribution in [1.82, 2.24) is 0 Å². The van der Waals surface area contributed by atoms with Crippen LogP contribution in [-0.2, 0) is 29.1 Å². The number of nitrogens with one attached hydrogen (secondary N) is 2. The average Bonchev–Trinajstić information content (AvgIpc) is 2.78. The van der Waals surface area contributed by atoms with Crippen molar-refractivity contribution in [3.8, 4) is 0 Å². The molecule has 0 unspecified atom stereocenters. The molecule has 3 aromatic carbocycles. The van der Waals surface area contributed by atoms with Gasteiger partial charge in [-0.25, -0.2) is 9.59 Å². The number of aryl methyl sites for hydroxylation is 1. The molecule has 0 aliphatic carbocycles. The number of amides is 2. The van der Waals surface area contributed by atoms with E-state index in [1.54, 1.807) is 12.1 Å². The van der Waals surface area contributed by atoms with Crippen LogP contribution < -0.4 is 10.6 Å². The van der Waals surface area contributed by atoms with Crippen LogP contribution in [0.3, 0.4) is 0 Å². The Morgan fingerprint density at radius 1 is 0.733 bits per heavy atom. The van der Waals surface area contributed by atoms with Crippen LogP contribution >= 0.6 is 0 Å². The molecule has 0 aromatic heterocycles. The molecule has 0 atom stereocenters. The van der Waals surface area contributed by atoms with Gasteiger partial charge in [-0.1, -0.05) is 73.7 Å². The molecule has 6 heteroatoms. The number of carbonyl (C=O) groups excluding carboxylic acids is 2. The van der Waals surface area contributed by atoms with Gasteiger partial charge in [0.1, 0.15) is 13.2 Å². The zero-order valence-corrected chi connectivity index (χ0v) is 16.8. The molecule has 3 aromatic rings. The van der Waals surface area contributed by atoms with Gasteiger partial charge < -0.3 is 9.47 Å². The maximum absolute atomic E-state index is 12.2. The summed E-state index contributed by atoms with van der Waals surface area (Å²) in [6.07, 6.45) is -0.411. The molecule has 3 rings (SSSR count). The molecule has 30 heavy (non-hydrogen) atoms. The van der Waals surface area contributed by atoms with E-state index in [4.69, 9.17) is 9.47 Å². The predicted octanol–water partition coefficient (Wildman–Crippen LogP) is 5.75. The van der Waals surface area contributed by atoms with Gasteiger partial charge in [0.25, 0.3) is 0 Å². The zero-order chi connectivity index (χ0) is 21.2. The van der Waals surface area contributed by atoms with Gasteiger partial charge in [-0.15, -0.1) is 0 Å². The van der Waals surface area contributed by atoms with E-state index in [1.807, 2.05) is 73.7 Å². The first-order valence-corrected chi connectivity index (χ1v) is 9.72. The summed E-state index contributed by atoms with van der Waals surface area (Å²) >= 11 is 0. The number of carbonyl (C=O) groups is 2. The van der Waals surface area contributed by atoms with Gasteiger partial charge in [-0.2, -0.15) is 0 Å². The summed E-state index contributed by atoms with van der Waals surface area (Å²) in [7, 11) is 0. The second-order valence-electron chi connectivity index (χ2n) is 6.60. The minimum Gasteiger partial charge on any atom is -0.444 e. The second-order valence-corrected chi connectivity index (χ2v) is 6.60. The van der Waals surface area contributed by atoms with Crippen molar-refractivity contribution in [1.29, 1.82) is 0 Å². The van der Waals surface area contributed by atoms with Gasteiger partial charge in [0.15, 0.2) is 0 Å². The summed E-state index contributed by atoms with van der Waals surface area (Å²) in [5.74, 6) is 0. The van der Waals surface area contributed by atoms with E-state index in [0.717, 1.165) is 16.7 Å². The second kappa shape index (κ2) is 10.7. The van der Waals surface area contributed by atoms with Crippen LogP contribution in [0.5, 0.6) is 0 Å². The summed E-state index contributed by atoms with van der Waals surface area (Å²) in [6.45, 7) is 2.34. The Morgan fingerprint density at radius 3 is 1.80 bits per heavy atom. The number of rotatable bonds is 7. The topological polar surface area (TPSA) is 76.7 Å². The van der Waals surface area contributed by atoms with Gasteiger partial charge in [0.2, 0.25) is 0 Å². The maximum Gasteiger partial charge on any atom is 0.411 e. The number of benzene rings is 3. The monoisotopic (exact) mass is 404 g/mol. The Hall–Kier alpha value is -3.80. The lowest BCUT2D eigenvalue weighted by Crippen LogP contribution is -2.16. The maximum atomic E-state index is 12.2. The van der Waals surface area contributed by atoms with Gasteiger partial charge in [-0.3, -0.25) is 10.6 Å². The fourth-order valence-electron chi connectivity index (χ4n) is 2.83. The molecule has 0 spiro atoms. The molecule has 0 saturated heterocycles. The van der Waals surface area contributed by atoms with Crippen LogP contribution in [-0.4, -0.2) is 12.2 Å².